The van der Waals surface area contributed by atoms with Crippen molar-refractivity contribution in [2.45, 2.75) is 45.3 Å². The van der Waals surface area contributed by atoms with Crippen LogP contribution < -0.4 is 11.1 Å². The molecule has 1 atom stereocenters. The number of hydrogen-bond donors (Lipinski definition) is 2. The standard InChI is InChI=1S/C35H39N3O4/c1-2-3-9-20-38(33(39)25-42-24-27-10-5-4-6-11-27)35(41)32(31-19-18-28-12-7-8-13-30(28)21-31)23-37-34(40)29-16-14-26(22-36)15-17-29/h4-8,10-19,21,32H,2-3,9,20,22-25,36H2,1H3,(H,37,40). The van der Waals surface area contributed by atoms with Crippen molar-refractivity contribution in [2.24, 2.45) is 5.73 Å². The van der Waals surface area contributed by atoms with Crippen LogP contribution in [0, 0.1) is 0 Å². The minimum Gasteiger partial charge on any atom is -0.367 e. The maximum Gasteiger partial charge on any atom is 0.255 e. The Morgan fingerprint density at radius 1 is 0.833 bits per heavy atom. The maximum atomic E-state index is 14.2. The Labute approximate surface area is 247 Å². The van der Waals surface area contributed by atoms with E-state index in [9.17, 15) is 14.4 Å². The van der Waals surface area contributed by atoms with Crippen molar-refractivity contribution in [3.63, 3.8) is 0 Å². The van der Waals surface area contributed by atoms with E-state index in [0.29, 0.717) is 25.1 Å². The number of nitrogens with one attached hydrogen (secondary N) is 1. The van der Waals surface area contributed by atoms with Crippen LogP contribution in [0.2, 0.25) is 0 Å². The van der Waals surface area contributed by atoms with Gasteiger partial charge in [-0.2, -0.15) is 0 Å². The van der Waals surface area contributed by atoms with E-state index >= 15 is 0 Å². The summed E-state index contributed by atoms with van der Waals surface area (Å²) in [5.41, 5.74) is 8.77. The van der Waals surface area contributed by atoms with Gasteiger partial charge in [0.05, 0.1) is 12.5 Å². The lowest BCUT2D eigenvalue weighted by Crippen LogP contribution is -2.45. The average Bonchev–Trinajstić information content (AvgIpc) is 3.03. The van der Waals surface area contributed by atoms with Gasteiger partial charge in [0.25, 0.3) is 11.8 Å². The van der Waals surface area contributed by atoms with Gasteiger partial charge in [-0.1, -0.05) is 105 Å². The van der Waals surface area contributed by atoms with Gasteiger partial charge in [-0.05, 0) is 46.0 Å². The van der Waals surface area contributed by atoms with Gasteiger partial charge in [0.2, 0.25) is 5.91 Å². The Morgan fingerprint density at radius 3 is 2.26 bits per heavy atom. The molecular formula is C35H39N3O4. The third-order valence-corrected chi connectivity index (χ3v) is 7.28. The second kappa shape index (κ2) is 15.6. The molecule has 0 heterocycles. The molecule has 0 bridgehead atoms. The summed E-state index contributed by atoms with van der Waals surface area (Å²) >= 11 is 0. The highest BCUT2D eigenvalue weighted by molar-refractivity contribution is 6.00. The van der Waals surface area contributed by atoms with E-state index in [2.05, 4.69) is 12.2 Å². The first kappa shape index (κ1) is 30.6. The summed E-state index contributed by atoms with van der Waals surface area (Å²) in [4.78, 5) is 41.9. The van der Waals surface area contributed by atoms with Gasteiger partial charge in [-0.15, -0.1) is 0 Å². The van der Waals surface area contributed by atoms with Crippen molar-refractivity contribution in [3.05, 3.63) is 119 Å². The van der Waals surface area contributed by atoms with Crippen molar-refractivity contribution >= 4 is 28.5 Å². The second-order valence-electron chi connectivity index (χ2n) is 10.3. The summed E-state index contributed by atoms with van der Waals surface area (Å²) in [6, 6.07) is 30.4. The average molecular weight is 566 g/mol. The number of imide groups is 1. The molecule has 0 spiro atoms. The lowest BCUT2D eigenvalue weighted by Gasteiger charge is -2.27. The summed E-state index contributed by atoms with van der Waals surface area (Å²) in [5, 5.41) is 4.95. The van der Waals surface area contributed by atoms with Crippen molar-refractivity contribution in [1.29, 1.82) is 0 Å². The number of fused-ring (bicyclic) bond motifs is 1. The molecule has 1 unspecified atom stereocenters. The predicted octanol–water partition coefficient (Wildman–Crippen LogP) is 5.57. The fourth-order valence-electron chi connectivity index (χ4n) is 4.84. The van der Waals surface area contributed by atoms with E-state index in [-0.39, 0.29) is 37.5 Å². The Bertz CT molecular complexity index is 1470. The van der Waals surface area contributed by atoms with Gasteiger partial charge in [0.15, 0.2) is 0 Å². The zero-order chi connectivity index (χ0) is 29.7. The van der Waals surface area contributed by atoms with Crippen LogP contribution in [0.15, 0.2) is 97.1 Å². The molecule has 0 aliphatic heterocycles. The number of rotatable bonds is 14. The number of carbonyl (C=O) groups is 3. The molecule has 3 N–H and O–H groups in total. The van der Waals surface area contributed by atoms with Gasteiger partial charge in [0.1, 0.15) is 6.61 Å². The van der Waals surface area contributed by atoms with Crippen LogP contribution in [0.5, 0.6) is 0 Å². The van der Waals surface area contributed by atoms with E-state index in [1.165, 1.54) is 4.90 Å². The molecule has 4 rings (SSSR count). The Morgan fingerprint density at radius 2 is 1.55 bits per heavy atom. The number of nitrogens with zero attached hydrogens (tertiary/aromatic N) is 1. The van der Waals surface area contributed by atoms with E-state index in [4.69, 9.17) is 10.5 Å². The number of ether oxygens (including phenoxy) is 1. The number of unbranched alkanes of at least 4 members (excludes halogenated alkanes) is 2. The van der Waals surface area contributed by atoms with Gasteiger partial charge in [0, 0.05) is 25.2 Å². The monoisotopic (exact) mass is 565 g/mol. The van der Waals surface area contributed by atoms with E-state index in [1.54, 1.807) is 12.1 Å². The van der Waals surface area contributed by atoms with Crippen LogP contribution in [-0.4, -0.2) is 42.3 Å². The number of amides is 3. The molecule has 0 aromatic heterocycles. The van der Waals surface area contributed by atoms with Crippen LogP contribution in [0.4, 0.5) is 0 Å². The van der Waals surface area contributed by atoms with Crippen LogP contribution in [0.1, 0.15) is 59.2 Å². The molecule has 0 saturated heterocycles. The molecule has 42 heavy (non-hydrogen) atoms. The molecular weight excluding hydrogens is 526 g/mol. The minimum absolute atomic E-state index is 0.0388. The Kier molecular flexibility index (Phi) is 11.4. The first-order chi connectivity index (χ1) is 20.5. The number of nitrogens with two attached hydrogens (primary N) is 1. The number of carbonyl (C=O) groups excluding carboxylic acids is 3. The summed E-state index contributed by atoms with van der Waals surface area (Å²) in [5.74, 6) is -1.80. The SMILES string of the molecule is CCCCCN(C(=O)COCc1ccccc1)C(=O)C(CNC(=O)c1ccc(CN)cc1)c1ccc2ccccc2c1. The first-order valence-electron chi connectivity index (χ1n) is 14.5. The molecule has 7 heteroatoms. The molecule has 0 fully saturated rings. The third-order valence-electron chi connectivity index (χ3n) is 7.28. The number of hydrogen-bond acceptors (Lipinski definition) is 5. The highest BCUT2D eigenvalue weighted by atomic mass is 16.5. The molecule has 7 nitrogen and oxygen atoms in total. The van der Waals surface area contributed by atoms with Crippen LogP contribution in [-0.2, 0) is 27.5 Å². The summed E-state index contributed by atoms with van der Waals surface area (Å²) in [7, 11) is 0. The first-order valence-corrected chi connectivity index (χ1v) is 14.5. The molecule has 3 amide bonds. The topological polar surface area (TPSA) is 102 Å². The summed E-state index contributed by atoms with van der Waals surface area (Å²) in [6.07, 6.45) is 2.53. The molecule has 0 radical (unpaired) electrons. The normalized spacial score (nSPS) is 11.7. The maximum absolute atomic E-state index is 14.2. The fraction of sp³-hybridized carbons (Fsp3) is 0.286. The zero-order valence-corrected chi connectivity index (χ0v) is 24.1. The molecule has 218 valence electrons. The predicted molar refractivity (Wildman–Crippen MR) is 166 cm³/mol. The zero-order valence-electron chi connectivity index (χ0n) is 24.1. The van der Waals surface area contributed by atoms with Crippen molar-refractivity contribution < 1.29 is 19.1 Å². The quantitative estimate of drug-likeness (QED) is 0.195. The molecule has 4 aromatic carbocycles. The van der Waals surface area contributed by atoms with Crippen LogP contribution in [0.3, 0.4) is 0 Å². The highest BCUT2D eigenvalue weighted by Gasteiger charge is 2.30. The number of benzene rings is 4. The lowest BCUT2D eigenvalue weighted by atomic mass is 9.94. The van der Waals surface area contributed by atoms with Crippen molar-refractivity contribution in [3.8, 4) is 0 Å². The highest BCUT2D eigenvalue weighted by Crippen LogP contribution is 2.24. The lowest BCUT2D eigenvalue weighted by molar-refractivity contribution is -0.149. The molecule has 0 aliphatic carbocycles. The smallest absolute Gasteiger partial charge is 0.255 e. The van der Waals surface area contributed by atoms with Gasteiger partial charge in [-0.25, -0.2) is 0 Å². The molecule has 0 aliphatic rings. The fourth-order valence-corrected chi connectivity index (χ4v) is 4.84. The van der Waals surface area contributed by atoms with Crippen molar-refractivity contribution in [1.82, 2.24) is 10.2 Å². The Balaban J connectivity index is 1.56. The summed E-state index contributed by atoms with van der Waals surface area (Å²) < 4.78 is 5.71. The third kappa shape index (κ3) is 8.35. The van der Waals surface area contributed by atoms with Gasteiger partial charge < -0.3 is 15.8 Å². The Hall–Kier alpha value is -4.33. The molecule has 4 aromatic rings. The van der Waals surface area contributed by atoms with Gasteiger partial charge >= 0.3 is 0 Å². The van der Waals surface area contributed by atoms with E-state index in [0.717, 1.165) is 40.3 Å². The van der Waals surface area contributed by atoms with Crippen LogP contribution >= 0.6 is 0 Å². The van der Waals surface area contributed by atoms with Crippen molar-refractivity contribution in [2.75, 3.05) is 19.7 Å². The van der Waals surface area contributed by atoms with Gasteiger partial charge in [-0.3, -0.25) is 19.3 Å². The van der Waals surface area contributed by atoms with Crippen LogP contribution in [0.25, 0.3) is 10.8 Å². The van der Waals surface area contributed by atoms with E-state index in [1.807, 2.05) is 84.9 Å². The second-order valence-corrected chi connectivity index (χ2v) is 10.3. The minimum atomic E-state index is -0.762. The summed E-state index contributed by atoms with van der Waals surface area (Å²) in [6.45, 7) is 2.85. The molecule has 0 saturated carbocycles. The van der Waals surface area contributed by atoms with E-state index < -0.39 is 5.92 Å². The largest absolute Gasteiger partial charge is 0.367 e.